The van der Waals surface area contributed by atoms with Gasteiger partial charge in [-0.1, -0.05) is 23.7 Å². The van der Waals surface area contributed by atoms with Crippen LogP contribution in [0, 0.1) is 12.7 Å². The van der Waals surface area contributed by atoms with Gasteiger partial charge in [0.25, 0.3) is 0 Å². The molecule has 0 spiro atoms. The Morgan fingerprint density at radius 2 is 1.90 bits per heavy atom. The number of hydrogen-bond donors (Lipinski definition) is 0. The van der Waals surface area contributed by atoms with Crippen LogP contribution in [0.15, 0.2) is 24.3 Å². The number of benzene rings is 1. The molecule has 5 heteroatoms. The lowest BCUT2D eigenvalue weighted by Crippen LogP contribution is -2.31. The number of hydrogen-bond acceptors (Lipinski definition) is 2. The summed E-state index contributed by atoms with van der Waals surface area (Å²) in [6.45, 7) is 5.47. The number of halogens is 2. The van der Waals surface area contributed by atoms with E-state index in [4.69, 9.17) is 11.6 Å². The predicted molar refractivity (Wildman–Crippen MR) is 81.1 cm³/mol. The van der Waals surface area contributed by atoms with Crippen molar-refractivity contribution in [1.82, 2.24) is 9.78 Å². The average molecular weight is 309 g/mol. The first kappa shape index (κ1) is 15.7. The van der Waals surface area contributed by atoms with Crippen LogP contribution in [0.2, 0.25) is 5.02 Å². The van der Waals surface area contributed by atoms with Crippen molar-refractivity contribution in [2.24, 2.45) is 7.05 Å². The average Bonchev–Trinajstić information content (AvgIpc) is 2.65. The van der Waals surface area contributed by atoms with Crippen molar-refractivity contribution < 1.29 is 9.18 Å². The Balaban J connectivity index is 2.28. The number of rotatable bonds is 4. The number of nitrogens with zero attached hydrogens (tertiary/aromatic N) is 2. The maximum atomic E-state index is 13.0. The molecule has 0 aliphatic heterocycles. The van der Waals surface area contributed by atoms with Crippen molar-refractivity contribution >= 4 is 17.4 Å². The molecule has 0 N–H and O–H groups in total. The van der Waals surface area contributed by atoms with Crippen LogP contribution in [0.4, 0.5) is 4.39 Å². The molecule has 0 radical (unpaired) electrons. The zero-order valence-corrected chi connectivity index (χ0v) is 13.3. The lowest BCUT2D eigenvalue weighted by atomic mass is 9.79. The summed E-state index contributed by atoms with van der Waals surface area (Å²) in [7, 11) is 1.77. The predicted octanol–water partition coefficient (Wildman–Crippen LogP) is 3.61. The summed E-state index contributed by atoms with van der Waals surface area (Å²) in [5.74, 6) is -0.300. The molecule has 2 aromatic rings. The molecule has 21 heavy (non-hydrogen) atoms. The highest BCUT2D eigenvalue weighted by molar-refractivity contribution is 6.32. The normalized spacial score (nSPS) is 11.7. The van der Waals surface area contributed by atoms with Gasteiger partial charge in [-0.2, -0.15) is 5.10 Å². The molecular formula is C16H18ClFN2O. The molecule has 0 saturated carbocycles. The first-order chi connectivity index (χ1) is 9.73. The Labute approximate surface area is 128 Å². The molecule has 0 aliphatic rings. The molecule has 0 atom stereocenters. The molecule has 3 nitrogen and oxygen atoms in total. The number of aryl methyl sites for hydroxylation is 2. The third kappa shape index (κ3) is 3.00. The van der Waals surface area contributed by atoms with E-state index in [0.717, 1.165) is 5.56 Å². The summed E-state index contributed by atoms with van der Waals surface area (Å²) >= 11 is 6.19. The Bertz CT molecular complexity index is 674. The van der Waals surface area contributed by atoms with Crippen molar-refractivity contribution in [2.75, 3.05) is 0 Å². The van der Waals surface area contributed by atoms with Crippen LogP contribution in [-0.2, 0) is 23.7 Å². The smallest absolute Gasteiger partial charge is 0.148 e. The second-order valence-corrected chi connectivity index (χ2v) is 6.08. The van der Waals surface area contributed by atoms with Gasteiger partial charge in [0, 0.05) is 12.5 Å². The Kier molecular flexibility index (Phi) is 4.19. The van der Waals surface area contributed by atoms with Gasteiger partial charge in [0.1, 0.15) is 11.6 Å². The van der Waals surface area contributed by atoms with E-state index in [1.54, 1.807) is 30.8 Å². The first-order valence-corrected chi connectivity index (χ1v) is 7.08. The minimum absolute atomic E-state index is 0.0130. The molecule has 0 unspecified atom stereocenters. The summed E-state index contributed by atoms with van der Waals surface area (Å²) in [6, 6.07) is 6.02. The van der Waals surface area contributed by atoms with Crippen molar-refractivity contribution in [3.63, 3.8) is 0 Å². The molecule has 0 aliphatic carbocycles. The number of carbonyl (C=O) groups excluding carboxylic acids is 1. The van der Waals surface area contributed by atoms with Crippen LogP contribution in [0.25, 0.3) is 0 Å². The maximum absolute atomic E-state index is 13.0. The lowest BCUT2D eigenvalue weighted by Gasteiger charge is -2.24. The van der Waals surface area contributed by atoms with E-state index in [9.17, 15) is 9.18 Å². The molecule has 1 heterocycles. The van der Waals surface area contributed by atoms with Gasteiger partial charge in [-0.3, -0.25) is 9.48 Å². The highest BCUT2D eigenvalue weighted by Crippen LogP contribution is 2.28. The lowest BCUT2D eigenvalue weighted by molar-refractivity contribution is -0.122. The zero-order valence-electron chi connectivity index (χ0n) is 12.6. The van der Waals surface area contributed by atoms with E-state index < -0.39 is 5.41 Å². The summed E-state index contributed by atoms with van der Waals surface area (Å²) in [5, 5.41) is 4.74. The van der Waals surface area contributed by atoms with Gasteiger partial charge in [0.2, 0.25) is 0 Å². The summed E-state index contributed by atoms with van der Waals surface area (Å²) in [4.78, 5) is 12.6. The Morgan fingerprint density at radius 3 is 2.38 bits per heavy atom. The van der Waals surface area contributed by atoms with Gasteiger partial charge in [-0.05, 0) is 38.5 Å². The maximum Gasteiger partial charge on any atom is 0.148 e. The van der Waals surface area contributed by atoms with Gasteiger partial charge < -0.3 is 0 Å². The first-order valence-electron chi connectivity index (χ1n) is 6.70. The minimum atomic E-state index is -0.713. The number of Topliss-reactive ketones (excluding diaryl/α,β-unsaturated/α-hetero) is 1. The third-order valence-corrected chi connectivity index (χ3v) is 4.34. The van der Waals surface area contributed by atoms with Gasteiger partial charge in [0.15, 0.2) is 0 Å². The fraction of sp³-hybridized carbons (Fsp3) is 0.375. The largest absolute Gasteiger partial charge is 0.298 e. The van der Waals surface area contributed by atoms with Crippen LogP contribution in [-0.4, -0.2) is 15.6 Å². The molecule has 112 valence electrons. The van der Waals surface area contributed by atoms with E-state index in [1.165, 1.54) is 12.1 Å². The number of carbonyl (C=O) groups is 1. The van der Waals surface area contributed by atoms with Gasteiger partial charge in [0.05, 0.1) is 22.8 Å². The molecule has 0 fully saturated rings. The summed E-state index contributed by atoms with van der Waals surface area (Å²) in [5.41, 5.74) is 1.48. The van der Waals surface area contributed by atoms with Crippen molar-refractivity contribution in [2.45, 2.75) is 32.6 Å². The van der Waals surface area contributed by atoms with E-state index in [1.807, 2.05) is 13.8 Å². The van der Waals surface area contributed by atoms with Crippen LogP contribution < -0.4 is 0 Å². The molecule has 0 saturated heterocycles. The van der Waals surface area contributed by atoms with Gasteiger partial charge >= 0.3 is 0 Å². The van der Waals surface area contributed by atoms with E-state index >= 15 is 0 Å². The highest BCUT2D eigenvalue weighted by Gasteiger charge is 2.31. The van der Waals surface area contributed by atoms with Gasteiger partial charge in [-0.15, -0.1) is 0 Å². The third-order valence-electron chi connectivity index (χ3n) is 3.85. The Morgan fingerprint density at radius 1 is 1.33 bits per heavy atom. The fourth-order valence-electron chi connectivity index (χ4n) is 2.27. The quantitative estimate of drug-likeness (QED) is 0.865. The number of ketones is 1. The standard InChI is InChI=1S/C16H18ClFN2O/c1-10-15(17)13(20(4)19-10)9-14(21)16(2,3)11-5-7-12(18)8-6-11/h5-8H,9H2,1-4H3. The van der Waals surface area contributed by atoms with Gasteiger partial charge in [-0.25, -0.2) is 4.39 Å². The molecular weight excluding hydrogens is 291 g/mol. The van der Waals surface area contributed by atoms with Crippen molar-refractivity contribution in [1.29, 1.82) is 0 Å². The van der Waals surface area contributed by atoms with Crippen LogP contribution in [0.5, 0.6) is 0 Å². The molecule has 1 aromatic carbocycles. The second-order valence-electron chi connectivity index (χ2n) is 5.70. The molecule has 0 amide bonds. The van der Waals surface area contributed by atoms with Crippen LogP contribution >= 0.6 is 11.6 Å². The SMILES string of the molecule is Cc1nn(C)c(CC(=O)C(C)(C)c2ccc(F)cc2)c1Cl. The summed E-state index contributed by atoms with van der Waals surface area (Å²) in [6.07, 6.45) is 0.195. The van der Waals surface area contributed by atoms with Crippen LogP contribution in [0.1, 0.15) is 30.8 Å². The number of aromatic nitrogens is 2. The zero-order chi connectivity index (χ0) is 15.8. The topological polar surface area (TPSA) is 34.9 Å². The summed E-state index contributed by atoms with van der Waals surface area (Å²) < 4.78 is 14.7. The second kappa shape index (κ2) is 5.60. The molecule has 2 rings (SSSR count). The highest BCUT2D eigenvalue weighted by atomic mass is 35.5. The van der Waals surface area contributed by atoms with Crippen molar-refractivity contribution in [3.05, 3.63) is 52.1 Å². The fourth-order valence-corrected chi connectivity index (χ4v) is 2.50. The monoisotopic (exact) mass is 308 g/mol. The molecule has 1 aromatic heterocycles. The van der Waals surface area contributed by atoms with E-state index in [-0.39, 0.29) is 18.0 Å². The van der Waals surface area contributed by atoms with Crippen LogP contribution in [0.3, 0.4) is 0 Å². The minimum Gasteiger partial charge on any atom is -0.298 e. The molecule has 0 bridgehead atoms. The van der Waals surface area contributed by atoms with Crippen molar-refractivity contribution in [3.8, 4) is 0 Å². The van der Waals surface area contributed by atoms with E-state index in [0.29, 0.717) is 16.4 Å². The Hall–Kier alpha value is -1.68. The van der Waals surface area contributed by atoms with E-state index in [2.05, 4.69) is 5.10 Å².